The minimum atomic E-state index is 0.0343. The van der Waals surface area contributed by atoms with Crippen molar-refractivity contribution in [3.05, 3.63) is 62.5 Å². The first kappa shape index (κ1) is 16.5. The van der Waals surface area contributed by atoms with Gasteiger partial charge in [0.1, 0.15) is 17.4 Å². The van der Waals surface area contributed by atoms with Gasteiger partial charge in [-0.25, -0.2) is 4.98 Å². The molecule has 0 spiro atoms. The fourth-order valence-electron chi connectivity index (χ4n) is 3.62. The number of nitrogens with two attached hydrogens (primary N) is 1. The number of fused-ring (bicyclic) bond motifs is 3. The molecule has 1 aromatic carbocycles. The number of aryl methyl sites for hydroxylation is 1. The summed E-state index contributed by atoms with van der Waals surface area (Å²) in [5, 5.41) is 3.06. The van der Waals surface area contributed by atoms with E-state index in [-0.39, 0.29) is 11.6 Å². The third-order valence-corrected chi connectivity index (χ3v) is 6.31. The highest BCUT2D eigenvalue weighted by molar-refractivity contribution is 7.18. The fourth-order valence-corrected chi connectivity index (χ4v) is 5.01. The third-order valence-electron chi connectivity index (χ3n) is 5.16. The number of thiophene rings is 1. The van der Waals surface area contributed by atoms with Crippen molar-refractivity contribution in [1.82, 2.24) is 9.97 Å². The maximum absolute atomic E-state index is 12.7. The SMILES string of the molecule is C[C@H]1CCc2c(sc3nc([C@H](C)[NH2+]Cc4ccccc4)[nH]c(=O)c23)C1. The maximum Gasteiger partial charge on any atom is 0.260 e. The monoisotopic (exact) mass is 354 g/mol. The van der Waals surface area contributed by atoms with Gasteiger partial charge in [-0.15, -0.1) is 11.3 Å². The summed E-state index contributed by atoms with van der Waals surface area (Å²) in [6.45, 7) is 5.27. The van der Waals surface area contributed by atoms with Gasteiger partial charge in [0.15, 0.2) is 5.82 Å². The van der Waals surface area contributed by atoms with Gasteiger partial charge < -0.3 is 10.3 Å². The van der Waals surface area contributed by atoms with Gasteiger partial charge in [-0.1, -0.05) is 37.3 Å². The van der Waals surface area contributed by atoms with Crippen molar-refractivity contribution in [1.29, 1.82) is 0 Å². The number of benzene rings is 1. The topological polar surface area (TPSA) is 62.4 Å². The van der Waals surface area contributed by atoms with Crippen LogP contribution < -0.4 is 10.9 Å². The van der Waals surface area contributed by atoms with E-state index in [0.29, 0.717) is 5.92 Å². The molecule has 2 aromatic heterocycles. The van der Waals surface area contributed by atoms with Crippen molar-refractivity contribution >= 4 is 21.6 Å². The minimum absolute atomic E-state index is 0.0343. The summed E-state index contributed by atoms with van der Waals surface area (Å²) >= 11 is 1.72. The minimum Gasteiger partial charge on any atom is -0.334 e. The van der Waals surface area contributed by atoms with Gasteiger partial charge in [-0.2, -0.15) is 0 Å². The summed E-state index contributed by atoms with van der Waals surface area (Å²) in [6, 6.07) is 10.5. The molecule has 0 radical (unpaired) electrons. The standard InChI is InChI=1S/C20H23N3OS/c1-12-8-9-15-16(10-12)25-20-17(15)19(24)22-18(23-20)13(2)21-11-14-6-4-3-5-7-14/h3-7,12-13,21H,8-11H2,1-2H3,(H,22,23,24)/p+1/t12-,13-/m0/s1. The Morgan fingerprint density at radius 2 is 2.16 bits per heavy atom. The van der Waals surface area contributed by atoms with Crippen molar-refractivity contribution in [2.24, 2.45) is 5.92 Å². The van der Waals surface area contributed by atoms with Gasteiger partial charge in [0.05, 0.1) is 5.39 Å². The fraction of sp³-hybridized carbons (Fsp3) is 0.400. The van der Waals surface area contributed by atoms with Crippen molar-refractivity contribution in [3.8, 4) is 0 Å². The second kappa shape index (κ2) is 6.73. The van der Waals surface area contributed by atoms with E-state index < -0.39 is 0 Å². The first-order chi connectivity index (χ1) is 12.1. The number of hydrogen-bond acceptors (Lipinski definition) is 3. The Hall–Kier alpha value is -1.98. The molecule has 4 nitrogen and oxygen atoms in total. The Bertz CT molecular complexity index is 945. The van der Waals surface area contributed by atoms with E-state index in [9.17, 15) is 4.79 Å². The van der Waals surface area contributed by atoms with Gasteiger partial charge >= 0.3 is 0 Å². The van der Waals surface area contributed by atoms with Crippen LogP contribution in [0, 0.1) is 5.92 Å². The van der Waals surface area contributed by atoms with E-state index in [2.05, 4.69) is 48.4 Å². The van der Waals surface area contributed by atoms with Crippen LogP contribution in [0.15, 0.2) is 35.1 Å². The van der Waals surface area contributed by atoms with Gasteiger partial charge in [-0.05, 0) is 37.7 Å². The van der Waals surface area contributed by atoms with Gasteiger partial charge in [-0.3, -0.25) is 4.79 Å². The highest BCUT2D eigenvalue weighted by Crippen LogP contribution is 2.35. The second-order valence-electron chi connectivity index (χ2n) is 7.20. The van der Waals surface area contributed by atoms with Crippen molar-refractivity contribution in [3.63, 3.8) is 0 Å². The number of quaternary nitrogens is 1. The summed E-state index contributed by atoms with van der Waals surface area (Å²) in [5.74, 6) is 1.48. The predicted octanol–water partition coefficient (Wildman–Crippen LogP) is 2.93. The number of H-pyrrole nitrogens is 1. The van der Waals surface area contributed by atoms with E-state index in [1.165, 1.54) is 22.4 Å². The van der Waals surface area contributed by atoms with Crippen molar-refractivity contribution in [2.75, 3.05) is 0 Å². The zero-order valence-corrected chi connectivity index (χ0v) is 15.5. The normalized spacial score (nSPS) is 18.2. The molecule has 0 fully saturated rings. The van der Waals surface area contributed by atoms with Crippen LogP contribution >= 0.6 is 11.3 Å². The Balaban J connectivity index is 1.61. The average molecular weight is 354 g/mol. The molecule has 3 aromatic rings. The van der Waals surface area contributed by atoms with Crippen LogP contribution in [0.2, 0.25) is 0 Å². The quantitative estimate of drug-likeness (QED) is 0.757. The Morgan fingerprint density at radius 1 is 1.36 bits per heavy atom. The molecule has 0 unspecified atom stereocenters. The summed E-state index contributed by atoms with van der Waals surface area (Å²) in [4.78, 5) is 22.8. The van der Waals surface area contributed by atoms with Crippen molar-refractivity contribution < 1.29 is 5.32 Å². The second-order valence-corrected chi connectivity index (χ2v) is 8.28. The number of hydrogen-bond donors (Lipinski definition) is 2. The first-order valence-corrected chi connectivity index (χ1v) is 9.85. The summed E-state index contributed by atoms with van der Waals surface area (Å²) in [7, 11) is 0. The van der Waals surface area contributed by atoms with Gasteiger partial charge in [0.25, 0.3) is 5.56 Å². The summed E-state index contributed by atoms with van der Waals surface area (Å²) in [5.41, 5.74) is 2.56. The molecule has 2 atom stereocenters. The molecule has 0 saturated heterocycles. The van der Waals surface area contributed by atoms with E-state index in [1.807, 2.05) is 6.07 Å². The highest BCUT2D eigenvalue weighted by atomic mass is 32.1. The van der Waals surface area contributed by atoms with Crippen LogP contribution in [0.1, 0.15) is 48.1 Å². The third kappa shape index (κ3) is 3.26. The van der Waals surface area contributed by atoms with Gasteiger partial charge in [0, 0.05) is 10.4 Å². The Labute approximate surface area is 151 Å². The van der Waals surface area contributed by atoms with Crippen LogP contribution in [0.4, 0.5) is 0 Å². The molecule has 0 saturated carbocycles. The van der Waals surface area contributed by atoms with Crippen LogP contribution in [-0.4, -0.2) is 9.97 Å². The molecule has 0 bridgehead atoms. The average Bonchev–Trinajstić information content (AvgIpc) is 2.98. The Kier molecular flexibility index (Phi) is 4.44. The molecule has 0 aliphatic heterocycles. The lowest BCUT2D eigenvalue weighted by Gasteiger charge is -2.17. The molecular weight excluding hydrogens is 330 g/mol. The first-order valence-electron chi connectivity index (χ1n) is 9.03. The van der Waals surface area contributed by atoms with Crippen LogP contribution in [0.3, 0.4) is 0 Å². The summed E-state index contributed by atoms with van der Waals surface area (Å²) < 4.78 is 0. The lowest BCUT2D eigenvalue weighted by atomic mass is 9.89. The molecule has 4 rings (SSSR count). The molecule has 1 aliphatic carbocycles. The zero-order chi connectivity index (χ0) is 17.4. The number of aromatic nitrogens is 2. The molecule has 25 heavy (non-hydrogen) atoms. The lowest BCUT2D eigenvalue weighted by Crippen LogP contribution is -2.83. The van der Waals surface area contributed by atoms with E-state index >= 15 is 0 Å². The molecule has 2 heterocycles. The largest absolute Gasteiger partial charge is 0.334 e. The van der Waals surface area contributed by atoms with E-state index in [4.69, 9.17) is 4.98 Å². The maximum atomic E-state index is 12.7. The van der Waals surface area contributed by atoms with Crippen LogP contribution in [0.25, 0.3) is 10.2 Å². The van der Waals surface area contributed by atoms with E-state index in [1.54, 1.807) is 11.3 Å². The predicted molar refractivity (Wildman–Crippen MR) is 102 cm³/mol. The van der Waals surface area contributed by atoms with Gasteiger partial charge in [0.2, 0.25) is 0 Å². The summed E-state index contributed by atoms with van der Waals surface area (Å²) in [6.07, 6.45) is 3.26. The van der Waals surface area contributed by atoms with Crippen LogP contribution in [-0.2, 0) is 19.4 Å². The molecule has 0 amide bonds. The van der Waals surface area contributed by atoms with Crippen LogP contribution in [0.5, 0.6) is 0 Å². The molecule has 130 valence electrons. The zero-order valence-electron chi connectivity index (χ0n) is 14.7. The Morgan fingerprint density at radius 3 is 2.96 bits per heavy atom. The number of nitrogens with one attached hydrogen (secondary N) is 1. The molecular formula is C20H24N3OS+. The smallest absolute Gasteiger partial charge is 0.260 e. The molecule has 5 heteroatoms. The number of aromatic amines is 1. The molecule has 1 aliphatic rings. The van der Waals surface area contributed by atoms with Crippen molar-refractivity contribution in [2.45, 2.75) is 45.7 Å². The van der Waals surface area contributed by atoms with E-state index in [0.717, 1.165) is 35.4 Å². The highest BCUT2D eigenvalue weighted by Gasteiger charge is 2.24. The molecule has 3 N–H and O–H groups in total. The lowest BCUT2D eigenvalue weighted by molar-refractivity contribution is -0.709. The number of nitrogens with zero attached hydrogens (tertiary/aromatic N) is 1. The number of rotatable bonds is 4.